The standard InChI is InChI=1S/C13H25NO3S/c1-3-5-12(6-4-2)13(15)14-9-11-7-8-18(16,17)10-11/h11-12H,3-10H2,1-2H3,(H,14,15). The molecular formula is C13H25NO3S. The highest BCUT2D eigenvalue weighted by atomic mass is 32.2. The van der Waals surface area contributed by atoms with Crippen molar-refractivity contribution >= 4 is 15.7 Å². The second-order valence-electron chi connectivity index (χ2n) is 5.29. The van der Waals surface area contributed by atoms with Crippen LogP contribution in [0.15, 0.2) is 0 Å². The lowest BCUT2D eigenvalue weighted by atomic mass is 9.97. The molecule has 0 aromatic heterocycles. The van der Waals surface area contributed by atoms with E-state index < -0.39 is 9.84 Å². The smallest absolute Gasteiger partial charge is 0.223 e. The highest BCUT2D eigenvalue weighted by molar-refractivity contribution is 7.91. The summed E-state index contributed by atoms with van der Waals surface area (Å²) in [6.07, 6.45) is 4.55. The number of nitrogens with one attached hydrogen (secondary N) is 1. The van der Waals surface area contributed by atoms with Gasteiger partial charge >= 0.3 is 0 Å². The van der Waals surface area contributed by atoms with Crippen molar-refractivity contribution in [3.8, 4) is 0 Å². The molecule has 106 valence electrons. The van der Waals surface area contributed by atoms with Crippen LogP contribution in [0, 0.1) is 11.8 Å². The lowest BCUT2D eigenvalue weighted by molar-refractivity contribution is -0.125. The summed E-state index contributed by atoms with van der Waals surface area (Å²) in [7, 11) is -2.84. The van der Waals surface area contributed by atoms with E-state index in [-0.39, 0.29) is 29.2 Å². The maximum atomic E-state index is 12.0. The maximum absolute atomic E-state index is 12.0. The molecule has 1 heterocycles. The first kappa shape index (κ1) is 15.5. The molecule has 1 saturated heterocycles. The second-order valence-corrected chi connectivity index (χ2v) is 7.52. The number of carbonyl (C=O) groups excluding carboxylic acids is 1. The molecule has 4 nitrogen and oxygen atoms in total. The van der Waals surface area contributed by atoms with E-state index in [2.05, 4.69) is 19.2 Å². The minimum Gasteiger partial charge on any atom is -0.356 e. The Morgan fingerprint density at radius 1 is 1.28 bits per heavy atom. The second kappa shape index (κ2) is 7.12. The molecule has 1 atom stereocenters. The van der Waals surface area contributed by atoms with Crippen molar-refractivity contribution in [1.82, 2.24) is 5.32 Å². The molecule has 0 bridgehead atoms. The molecular weight excluding hydrogens is 250 g/mol. The first-order chi connectivity index (χ1) is 8.48. The Hall–Kier alpha value is -0.580. The lowest BCUT2D eigenvalue weighted by Gasteiger charge is -2.16. The largest absolute Gasteiger partial charge is 0.356 e. The molecule has 1 fully saturated rings. The molecule has 0 saturated carbocycles. The van der Waals surface area contributed by atoms with Gasteiger partial charge in [-0.3, -0.25) is 4.79 Å². The van der Waals surface area contributed by atoms with E-state index in [1.54, 1.807) is 0 Å². The van der Waals surface area contributed by atoms with Gasteiger partial charge in [0, 0.05) is 12.5 Å². The predicted octanol–water partition coefficient (Wildman–Crippen LogP) is 1.75. The lowest BCUT2D eigenvalue weighted by Crippen LogP contribution is -2.34. The number of hydrogen-bond donors (Lipinski definition) is 1. The van der Waals surface area contributed by atoms with Gasteiger partial charge in [0.1, 0.15) is 0 Å². The molecule has 1 N–H and O–H groups in total. The summed E-state index contributed by atoms with van der Waals surface area (Å²) < 4.78 is 22.6. The van der Waals surface area contributed by atoms with Crippen LogP contribution in [0.4, 0.5) is 0 Å². The molecule has 1 unspecified atom stereocenters. The van der Waals surface area contributed by atoms with Gasteiger partial charge in [0.05, 0.1) is 11.5 Å². The van der Waals surface area contributed by atoms with Gasteiger partial charge in [-0.2, -0.15) is 0 Å². The van der Waals surface area contributed by atoms with Crippen molar-refractivity contribution in [3.63, 3.8) is 0 Å². The number of carbonyl (C=O) groups is 1. The third-order valence-electron chi connectivity index (χ3n) is 3.54. The molecule has 5 heteroatoms. The Labute approximate surface area is 110 Å². The fourth-order valence-corrected chi connectivity index (χ4v) is 4.39. The third kappa shape index (κ3) is 4.96. The monoisotopic (exact) mass is 275 g/mol. The van der Waals surface area contributed by atoms with Gasteiger partial charge in [-0.25, -0.2) is 8.42 Å². The highest BCUT2D eigenvalue weighted by Crippen LogP contribution is 2.18. The minimum absolute atomic E-state index is 0.0954. The van der Waals surface area contributed by atoms with Gasteiger partial charge in [0.15, 0.2) is 9.84 Å². The zero-order valence-electron chi connectivity index (χ0n) is 11.4. The van der Waals surface area contributed by atoms with Crippen LogP contribution in [-0.4, -0.2) is 32.4 Å². The zero-order valence-corrected chi connectivity index (χ0v) is 12.3. The molecule has 1 aliphatic heterocycles. The fourth-order valence-electron chi connectivity index (χ4n) is 2.53. The highest BCUT2D eigenvalue weighted by Gasteiger charge is 2.28. The summed E-state index contributed by atoms with van der Waals surface area (Å²) in [6, 6.07) is 0. The maximum Gasteiger partial charge on any atom is 0.223 e. The third-order valence-corrected chi connectivity index (χ3v) is 5.37. The van der Waals surface area contributed by atoms with E-state index in [9.17, 15) is 13.2 Å². The topological polar surface area (TPSA) is 63.2 Å². The molecule has 1 aliphatic rings. The molecule has 0 aromatic rings. The summed E-state index contributed by atoms with van der Waals surface area (Å²) >= 11 is 0. The van der Waals surface area contributed by atoms with E-state index >= 15 is 0 Å². The molecule has 0 aliphatic carbocycles. The summed E-state index contributed by atoms with van der Waals surface area (Å²) in [4.78, 5) is 12.0. The predicted molar refractivity (Wildman–Crippen MR) is 73.1 cm³/mol. The van der Waals surface area contributed by atoms with E-state index in [0.29, 0.717) is 13.0 Å². The Morgan fingerprint density at radius 2 is 1.89 bits per heavy atom. The van der Waals surface area contributed by atoms with E-state index in [1.165, 1.54) is 0 Å². The summed E-state index contributed by atoms with van der Waals surface area (Å²) in [5.41, 5.74) is 0. The normalized spacial score (nSPS) is 22.3. The van der Waals surface area contributed by atoms with Crippen molar-refractivity contribution in [1.29, 1.82) is 0 Å². The van der Waals surface area contributed by atoms with Crippen LogP contribution >= 0.6 is 0 Å². The molecule has 0 spiro atoms. The van der Waals surface area contributed by atoms with E-state index in [4.69, 9.17) is 0 Å². The minimum atomic E-state index is -2.84. The molecule has 0 radical (unpaired) electrons. The van der Waals surface area contributed by atoms with Crippen molar-refractivity contribution < 1.29 is 13.2 Å². The van der Waals surface area contributed by atoms with Crippen LogP contribution in [0.5, 0.6) is 0 Å². The van der Waals surface area contributed by atoms with Gasteiger partial charge in [-0.1, -0.05) is 26.7 Å². The summed E-state index contributed by atoms with van der Waals surface area (Å²) in [5.74, 6) is 0.823. The molecule has 0 aromatic carbocycles. The first-order valence-corrected chi connectivity index (χ1v) is 8.78. The Morgan fingerprint density at radius 3 is 2.33 bits per heavy atom. The van der Waals surface area contributed by atoms with Gasteiger partial charge in [0.25, 0.3) is 0 Å². The Balaban J connectivity index is 2.35. The number of rotatable bonds is 7. The molecule has 1 amide bonds. The van der Waals surface area contributed by atoms with Gasteiger partial charge in [-0.05, 0) is 25.2 Å². The quantitative estimate of drug-likeness (QED) is 0.770. The van der Waals surface area contributed by atoms with Crippen LogP contribution in [0.3, 0.4) is 0 Å². The Kier molecular flexibility index (Phi) is 6.12. The van der Waals surface area contributed by atoms with Crippen molar-refractivity contribution in [2.45, 2.75) is 46.0 Å². The number of hydrogen-bond acceptors (Lipinski definition) is 3. The van der Waals surface area contributed by atoms with Crippen molar-refractivity contribution in [2.24, 2.45) is 11.8 Å². The average molecular weight is 275 g/mol. The first-order valence-electron chi connectivity index (χ1n) is 6.96. The van der Waals surface area contributed by atoms with Gasteiger partial charge < -0.3 is 5.32 Å². The van der Waals surface area contributed by atoms with Crippen LogP contribution < -0.4 is 5.32 Å². The van der Waals surface area contributed by atoms with E-state index in [1.807, 2.05) is 0 Å². The average Bonchev–Trinajstić information content (AvgIpc) is 2.66. The summed E-state index contributed by atoms with van der Waals surface area (Å²) in [5, 5.41) is 2.93. The fraction of sp³-hybridized carbons (Fsp3) is 0.923. The van der Waals surface area contributed by atoms with Crippen LogP contribution in [0.25, 0.3) is 0 Å². The molecule has 18 heavy (non-hydrogen) atoms. The zero-order chi connectivity index (χ0) is 13.6. The summed E-state index contributed by atoms with van der Waals surface area (Å²) in [6.45, 7) is 4.68. The van der Waals surface area contributed by atoms with Gasteiger partial charge in [0.2, 0.25) is 5.91 Å². The Bertz CT molecular complexity index is 358. The SMILES string of the molecule is CCCC(CCC)C(=O)NCC1CCS(=O)(=O)C1. The van der Waals surface area contributed by atoms with Crippen molar-refractivity contribution in [3.05, 3.63) is 0 Å². The van der Waals surface area contributed by atoms with E-state index in [0.717, 1.165) is 25.7 Å². The number of sulfone groups is 1. The van der Waals surface area contributed by atoms with Crippen LogP contribution in [0.2, 0.25) is 0 Å². The molecule has 1 rings (SSSR count). The van der Waals surface area contributed by atoms with Crippen LogP contribution in [0.1, 0.15) is 46.0 Å². The van der Waals surface area contributed by atoms with Gasteiger partial charge in [-0.15, -0.1) is 0 Å². The van der Waals surface area contributed by atoms with Crippen molar-refractivity contribution in [2.75, 3.05) is 18.1 Å². The van der Waals surface area contributed by atoms with Crippen LogP contribution in [-0.2, 0) is 14.6 Å². The number of amides is 1.